The Labute approximate surface area is 114 Å². The van der Waals surface area contributed by atoms with Crippen molar-refractivity contribution in [3.8, 4) is 0 Å². The first-order chi connectivity index (χ1) is 8.78. The van der Waals surface area contributed by atoms with Crippen molar-refractivity contribution in [3.63, 3.8) is 0 Å². The predicted molar refractivity (Wildman–Crippen MR) is 76.9 cm³/mol. The van der Waals surface area contributed by atoms with E-state index in [1.54, 1.807) is 24.3 Å². The predicted octanol–water partition coefficient (Wildman–Crippen LogP) is 1.10. The zero-order valence-electron chi connectivity index (χ0n) is 11.3. The van der Waals surface area contributed by atoms with Gasteiger partial charge in [0.1, 0.15) is 0 Å². The van der Waals surface area contributed by atoms with Crippen LogP contribution in [0.1, 0.15) is 25.8 Å². The highest BCUT2D eigenvalue weighted by Crippen LogP contribution is 2.10. The number of benzene rings is 1. The van der Waals surface area contributed by atoms with E-state index in [4.69, 9.17) is 5.73 Å². The maximum Gasteiger partial charge on any atom is 0.215 e. The van der Waals surface area contributed by atoms with Gasteiger partial charge in [-0.1, -0.05) is 26.0 Å². The number of hydrogen-bond acceptors (Lipinski definition) is 4. The summed E-state index contributed by atoms with van der Waals surface area (Å²) >= 11 is 0. The summed E-state index contributed by atoms with van der Waals surface area (Å²) in [5.74, 6) is 0.195. The van der Waals surface area contributed by atoms with Crippen molar-refractivity contribution < 1.29 is 13.5 Å². The zero-order valence-corrected chi connectivity index (χ0v) is 12.2. The van der Waals surface area contributed by atoms with Crippen molar-refractivity contribution in [1.29, 1.82) is 0 Å². The number of sulfonamides is 1. The van der Waals surface area contributed by atoms with Gasteiger partial charge in [-0.05, 0) is 30.0 Å². The first-order valence-electron chi connectivity index (χ1n) is 6.28. The zero-order chi connectivity index (χ0) is 14.5. The lowest BCUT2D eigenvalue weighted by atomic mass is 10.1. The monoisotopic (exact) mass is 286 g/mol. The van der Waals surface area contributed by atoms with Crippen LogP contribution in [-0.2, 0) is 15.8 Å². The van der Waals surface area contributed by atoms with Crippen molar-refractivity contribution >= 4 is 15.7 Å². The van der Waals surface area contributed by atoms with Crippen molar-refractivity contribution in [2.45, 2.75) is 32.1 Å². The Morgan fingerprint density at radius 3 is 2.63 bits per heavy atom. The van der Waals surface area contributed by atoms with E-state index in [1.165, 1.54) is 0 Å². The van der Waals surface area contributed by atoms with E-state index in [0.29, 0.717) is 23.6 Å². The molecular formula is C13H22N2O3S. The topological polar surface area (TPSA) is 92.4 Å². The number of nitrogens with two attached hydrogens (primary N) is 1. The lowest BCUT2D eigenvalue weighted by Gasteiger charge is -2.14. The summed E-state index contributed by atoms with van der Waals surface area (Å²) in [6.45, 7) is 4.00. The Hall–Kier alpha value is -1.11. The Morgan fingerprint density at radius 2 is 2.05 bits per heavy atom. The minimum Gasteiger partial charge on any atom is -0.399 e. The van der Waals surface area contributed by atoms with Crippen LogP contribution in [0, 0.1) is 5.92 Å². The Morgan fingerprint density at radius 1 is 1.37 bits per heavy atom. The fourth-order valence-corrected chi connectivity index (χ4v) is 2.97. The SMILES string of the molecule is CC(C)CC(O)CNS(=O)(=O)Cc1cccc(N)c1. The lowest BCUT2D eigenvalue weighted by molar-refractivity contribution is 0.152. The van der Waals surface area contributed by atoms with E-state index in [1.807, 2.05) is 13.8 Å². The molecule has 0 aliphatic heterocycles. The van der Waals surface area contributed by atoms with Crippen LogP contribution in [0.4, 0.5) is 5.69 Å². The highest BCUT2D eigenvalue weighted by Gasteiger charge is 2.14. The number of aliphatic hydroxyl groups excluding tert-OH is 1. The van der Waals surface area contributed by atoms with Crippen LogP contribution in [-0.4, -0.2) is 26.2 Å². The van der Waals surface area contributed by atoms with Crippen molar-refractivity contribution in [2.24, 2.45) is 5.92 Å². The van der Waals surface area contributed by atoms with Crippen molar-refractivity contribution in [2.75, 3.05) is 12.3 Å². The van der Waals surface area contributed by atoms with E-state index in [0.717, 1.165) is 0 Å². The molecule has 0 radical (unpaired) electrons. The maximum atomic E-state index is 11.8. The summed E-state index contributed by atoms with van der Waals surface area (Å²) in [5.41, 5.74) is 6.76. The molecule has 0 heterocycles. The van der Waals surface area contributed by atoms with E-state index < -0.39 is 16.1 Å². The molecule has 1 unspecified atom stereocenters. The lowest BCUT2D eigenvalue weighted by Crippen LogP contribution is -2.33. The average Bonchev–Trinajstić information content (AvgIpc) is 2.25. The third-order valence-electron chi connectivity index (χ3n) is 2.59. The number of hydrogen-bond donors (Lipinski definition) is 3. The second-order valence-electron chi connectivity index (χ2n) is 5.14. The van der Waals surface area contributed by atoms with Crippen LogP contribution in [0.15, 0.2) is 24.3 Å². The first kappa shape index (κ1) is 15.9. The molecule has 1 aromatic carbocycles. The molecule has 1 atom stereocenters. The Balaban J connectivity index is 2.53. The van der Waals surface area contributed by atoms with E-state index in [2.05, 4.69) is 4.72 Å². The first-order valence-corrected chi connectivity index (χ1v) is 7.93. The van der Waals surface area contributed by atoms with Gasteiger partial charge in [0.25, 0.3) is 0 Å². The summed E-state index contributed by atoms with van der Waals surface area (Å²) in [4.78, 5) is 0. The van der Waals surface area contributed by atoms with E-state index in [-0.39, 0.29) is 12.3 Å². The van der Waals surface area contributed by atoms with Gasteiger partial charge in [-0.3, -0.25) is 0 Å². The Kier molecular flexibility index (Phi) is 5.78. The molecule has 0 saturated heterocycles. The van der Waals surface area contributed by atoms with Gasteiger partial charge in [0.2, 0.25) is 10.0 Å². The fraction of sp³-hybridized carbons (Fsp3) is 0.538. The Bertz CT molecular complexity index is 500. The normalized spacial score (nSPS) is 13.7. The molecule has 0 saturated carbocycles. The summed E-state index contributed by atoms with van der Waals surface area (Å²) in [6.07, 6.45) is -0.0866. The van der Waals surface area contributed by atoms with Gasteiger partial charge in [-0.15, -0.1) is 0 Å². The fourth-order valence-electron chi connectivity index (χ4n) is 1.80. The van der Waals surface area contributed by atoms with E-state index >= 15 is 0 Å². The molecule has 1 rings (SSSR count). The second-order valence-corrected chi connectivity index (χ2v) is 6.94. The molecule has 19 heavy (non-hydrogen) atoms. The van der Waals surface area contributed by atoms with Crippen molar-refractivity contribution in [1.82, 2.24) is 4.72 Å². The van der Waals surface area contributed by atoms with Gasteiger partial charge < -0.3 is 10.8 Å². The number of nitrogens with one attached hydrogen (secondary N) is 1. The molecule has 0 amide bonds. The molecule has 5 nitrogen and oxygen atoms in total. The molecule has 4 N–H and O–H groups in total. The number of anilines is 1. The van der Waals surface area contributed by atoms with Gasteiger partial charge in [-0.25, -0.2) is 13.1 Å². The maximum absolute atomic E-state index is 11.8. The van der Waals surface area contributed by atoms with Crippen LogP contribution >= 0.6 is 0 Å². The number of nitrogen functional groups attached to an aromatic ring is 1. The molecule has 0 aliphatic rings. The van der Waals surface area contributed by atoms with E-state index in [9.17, 15) is 13.5 Å². The summed E-state index contributed by atoms with van der Waals surface area (Å²) in [5, 5.41) is 9.65. The van der Waals surface area contributed by atoms with Gasteiger partial charge in [0.05, 0.1) is 11.9 Å². The molecule has 0 aromatic heterocycles. The summed E-state index contributed by atoms with van der Waals surface area (Å²) in [6, 6.07) is 6.76. The minimum absolute atomic E-state index is 0.0445. The highest BCUT2D eigenvalue weighted by molar-refractivity contribution is 7.88. The smallest absolute Gasteiger partial charge is 0.215 e. The van der Waals surface area contributed by atoms with Gasteiger partial charge in [0, 0.05) is 12.2 Å². The summed E-state index contributed by atoms with van der Waals surface area (Å²) in [7, 11) is -3.45. The largest absolute Gasteiger partial charge is 0.399 e. The molecule has 6 heteroatoms. The average molecular weight is 286 g/mol. The summed E-state index contributed by atoms with van der Waals surface area (Å²) < 4.78 is 26.1. The molecule has 108 valence electrons. The molecule has 0 aliphatic carbocycles. The second kappa shape index (κ2) is 6.88. The molecule has 0 fully saturated rings. The molecular weight excluding hydrogens is 264 g/mol. The van der Waals surface area contributed by atoms with Gasteiger partial charge in [0.15, 0.2) is 0 Å². The van der Waals surface area contributed by atoms with Crippen LogP contribution in [0.25, 0.3) is 0 Å². The molecule has 0 bridgehead atoms. The standard InChI is InChI=1S/C13H22N2O3S/c1-10(2)6-13(16)8-15-19(17,18)9-11-4-3-5-12(14)7-11/h3-5,7,10,13,15-16H,6,8-9,14H2,1-2H3. The van der Waals surface area contributed by atoms with Gasteiger partial charge in [-0.2, -0.15) is 0 Å². The van der Waals surface area contributed by atoms with Gasteiger partial charge >= 0.3 is 0 Å². The number of rotatable bonds is 7. The highest BCUT2D eigenvalue weighted by atomic mass is 32.2. The molecule has 1 aromatic rings. The quantitative estimate of drug-likeness (QED) is 0.654. The van der Waals surface area contributed by atoms with Crippen LogP contribution in [0.2, 0.25) is 0 Å². The third kappa shape index (κ3) is 6.56. The van der Waals surface area contributed by atoms with Crippen molar-refractivity contribution in [3.05, 3.63) is 29.8 Å². The van der Waals surface area contributed by atoms with Crippen LogP contribution < -0.4 is 10.5 Å². The molecule has 0 spiro atoms. The van der Waals surface area contributed by atoms with Crippen LogP contribution in [0.3, 0.4) is 0 Å². The third-order valence-corrected chi connectivity index (χ3v) is 3.91. The minimum atomic E-state index is -3.45. The van der Waals surface area contributed by atoms with Crippen LogP contribution in [0.5, 0.6) is 0 Å². The number of aliphatic hydroxyl groups is 1.